The number of thioether (sulfide) groups is 1. The molecular weight excluding hydrogens is 376 g/mol. The number of hydrogen-bond acceptors (Lipinski definition) is 4. The first kappa shape index (κ1) is 20.7. The normalized spacial score (nSPS) is 22.6. The van der Waals surface area contributed by atoms with Crippen molar-refractivity contribution in [1.29, 1.82) is 0 Å². The van der Waals surface area contributed by atoms with E-state index in [0.29, 0.717) is 10.8 Å². The van der Waals surface area contributed by atoms with E-state index in [-0.39, 0.29) is 11.5 Å². The van der Waals surface area contributed by atoms with Crippen LogP contribution in [0.15, 0.2) is 40.1 Å². The van der Waals surface area contributed by atoms with E-state index >= 15 is 0 Å². The zero-order chi connectivity index (χ0) is 19.3. The minimum absolute atomic E-state index is 0.181. The Labute approximate surface area is 170 Å². The molecule has 1 saturated carbocycles. The number of carbonyl (C=O) groups is 1. The molecule has 2 atom stereocenters. The number of aliphatic hydroxyl groups is 1. The molecule has 1 fully saturated rings. The lowest BCUT2D eigenvalue weighted by Gasteiger charge is -2.45. The highest BCUT2D eigenvalue weighted by Gasteiger charge is 2.40. The monoisotopic (exact) mass is 406 g/mol. The van der Waals surface area contributed by atoms with Gasteiger partial charge in [0.15, 0.2) is 0 Å². The maximum atomic E-state index is 11.0. The SMILES string of the molecule is CCC1(C(O)CC=CC2=CCC[C@@H]2CCSc2ccc(C(=O)O)s2)CCC1. The second-order valence-corrected chi connectivity index (χ2v) is 10.2. The van der Waals surface area contributed by atoms with Crippen LogP contribution in [0.4, 0.5) is 0 Å². The van der Waals surface area contributed by atoms with Crippen LogP contribution < -0.4 is 0 Å². The summed E-state index contributed by atoms with van der Waals surface area (Å²) < 4.78 is 1.08. The Morgan fingerprint density at radius 3 is 2.89 bits per heavy atom. The van der Waals surface area contributed by atoms with Gasteiger partial charge in [-0.1, -0.05) is 31.6 Å². The lowest BCUT2D eigenvalue weighted by atomic mass is 9.63. The van der Waals surface area contributed by atoms with Crippen molar-refractivity contribution < 1.29 is 15.0 Å². The van der Waals surface area contributed by atoms with Crippen LogP contribution in [-0.4, -0.2) is 28.0 Å². The first-order valence-corrected chi connectivity index (χ1v) is 11.8. The van der Waals surface area contributed by atoms with Gasteiger partial charge in [-0.3, -0.25) is 0 Å². The van der Waals surface area contributed by atoms with Crippen molar-refractivity contribution in [3.8, 4) is 0 Å². The maximum Gasteiger partial charge on any atom is 0.345 e. The number of carboxylic acid groups (broad SMARTS) is 1. The maximum absolute atomic E-state index is 11.0. The van der Waals surface area contributed by atoms with E-state index in [9.17, 15) is 9.90 Å². The Balaban J connectivity index is 1.43. The molecule has 1 heterocycles. The van der Waals surface area contributed by atoms with Crippen molar-refractivity contribution in [2.24, 2.45) is 11.3 Å². The van der Waals surface area contributed by atoms with Crippen LogP contribution >= 0.6 is 23.1 Å². The molecule has 0 spiro atoms. The van der Waals surface area contributed by atoms with E-state index in [1.807, 2.05) is 6.07 Å². The molecule has 3 nitrogen and oxygen atoms in total. The van der Waals surface area contributed by atoms with Crippen LogP contribution in [0.1, 0.15) is 68.0 Å². The standard InChI is InChI=1S/C22H30O3S2/c1-2-22(13-5-14-22)19(23)9-4-8-16-6-3-7-17(16)12-15-26-20-11-10-18(27-20)21(24)25/h4,6,8,10-11,17,19,23H,2-3,5,7,9,12-15H2,1H3,(H,24,25)/t17-,19?/m1/s1. The largest absolute Gasteiger partial charge is 0.477 e. The molecule has 148 valence electrons. The number of carboxylic acids is 1. The van der Waals surface area contributed by atoms with E-state index in [1.54, 1.807) is 17.8 Å². The molecule has 3 rings (SSSR count). The Kier molecular flexibility index (Phi) is 7.23. The van der Waals surface area contributed by atoms with E-state index in [4.69, 9.17) is 5.11 Å². The summed E-state index contributed by atoms with van der Waals surface area (Å²) in [5, 5.41) is 19.6. The molecule has 0 radical (unpaired) electrons. The third-order valence-electron chi connectivity index (χ3n) is 6.30. The van der Waals surface area contributed by atoms with E-state index in [2.05, 4.69) is 25.2 Å². The van der Waals surface area contributed by atoms with Gasteiger partial charge in [0.25, 0.3) is 0 Å². The summed E-state index contributed by atoms with van der Waals surface area (Å²) in [6.07, 6.45) is 15.5. The number of aromatic carboxylic acids is 1. The van der Waals surface area contributed by atoms with Gasteiger partial charge in [0.2, 0.25) is 0 Å². The van der Waals surface area contributed by atoms with Crippen LogP contribution in [0, 0.1) is 11.3 Å². The molecule has 0 amide bonds. The predicted molar refractivity (Wildman–Crippen MR) is 114 cm³/mol. The van der Waals surface area contributed by atoms with E-state index < -0.39 is 5.97 Å². The number of hydrogen-bond donors (Lipinski definition) is 2. The molecule has 0 saturated heterocycles. The predicted octanol–water partition coefficient (Wildman–Crippen LogP) is 6.15. The van der Waals surface area contributed by atoms with Crippen LogP contribution in [0.3, 0.4) is 0 Å². The molecule has 1 aromatic rings. The molecule has 1 unspecified atom stereocenters. The van der Waals surface area contributed by atoms with Crippen LogP contribution in [-0.2, 0) is 0 Å². The van der Waals surface area contributed by atoms with Gasteiger partial charge in [0.05, 0.1) is 10.3 Å². The van der Waals surface area contributed by atoms with Gasteiger partial charge in [-0.25, -0.2) is 4.79 Å². The van der Waals surface area contributed by atoms with Crippen LogP contribution in [0.5, 0.6) is 0 Å². The van der Waals surface area contributed by atoms with Crippen molar-refractivity contribution in [3.05, 3.63) is 40.8 Å². The molecule has 1 aromatic heterocycles. The number of allylic oxidation sites excluding steroid dienone is 3. The smallest absolute Gasteiger partial charge is 0.345 e. The van der Waals surface area contributed by atoms with E-state index in [0.717, 1.165) is 35.6 Å². The number of aliphatic hydroxyl groups excluding tert-OH is 1. The van der Waals surface area contributed by atoms with Crippen LogP contribution in [0.25, 0.3) is 0 Å². The van der Waals surface area contributed by atoms with Crippen molar-refractivity contribution in [2.75, 3.05) is 5.75 Å². The summed E-state index contributed by atoms with van der Waals surface area (Å²) in [4.78, 5) is 11.4. The fraction of sp³-hybridized carbons (Fsp3) is 0.591. The van der Waals surface area contributed by atoms with Gasteiger partial charge in [-0.05, 0) is 79.7 Å². The first-order chi connectivity index (χ1) is 13.0. The molecule has 0 bridgehead atoms. The highest BCUT2D eigenvalue weighted by Crippen LogP contribution is 2.47. The summed E-state index contributed by atoms with van der Waals surface area (Å²) in [6.45, 7) is 2.20. The van der Waals surface area contributed by atoms with Gasteiger partial charge < -0.3 is 10.2 Å². The highest BCUT2D eigenvalue weighted by atomic mass is 32.2. The zero-order valence-corrected chi connectivity index (χ0v) is 17.7. The second-order valence-electron chi connectivity index (χ2n) is 7.76. The summed E-state index contributed by atoms with van der Waals surface area (Å²) in [7, 11) is 0. The minimum Gasteiger partial charge on any atom is -0.477 e. The fourth-order valence-electron chi connectivity index (χ4n) is 4.25. The first-order valence-electron chi connectivity index (χ1n) is 10.0. The van der Waals surface area contributed by atoms with Crippen molar-refractivity contribution in [2.45, 2.75) is 68.6 Å². The van der Waals surface area contributed by atoms with Gasteiger partial charge >= 0.3 is 5.97 Å². The molecular formula is C22H30O3S2. The Hall–Kier alpha value is -1.04. The highest BCUT2D eigenvalue weighted by molar-refractivity contribution is 8.01. The fourth-order valence-corrected chi connectivity index (χ4v) is 6.35. The molecule has 0 aromatic carbocycles. The molecule has 0 aliphatic heterocycles. The number of rotatable bonds is 10. The van der Waals surface area contributed by atoms with Crippen molar-refractivity contribution in [1.82, 2.24) is 0 Å². The molecule has 2 aliphatic carbocycles. The lowest BCUT2D eigenvalue weighted by molar-refractivity contribution is -0.0354. The number of thiophene rings is 1. The second kappa shape index (κ2) is 9.44. The molecule has 2 aliphatic rings. The van der Waals surface area contributed by atoms with Gasteiger partial charge in [0, 0.05) is 0 Å². The molecule has 5 heteroatoms. The summed E-state index contributed by atoms with van der Waals surface area (Å²) in [5.41, 5.74) is 1.60. The van der Waals surface area contributed by atoms with Crippen LogP contribution in [0.2, 0.25) is 0 Å². The van der Waals surface area contributed by atoms with Gasteiger partial charge in [-0.15, -0.1) is 23.1 Å². The molecule has 27 heavy (non-hydrogen) atoms. The quantitative estimate of drug-likeness (QED) is 0.457. The average Bonchev–Trinajstić information content (AvgIpc) is 3.24. The third-order valence-corrected chi connectivity index (χ3v) is 8.63. The Bertz CT molecular complexity index is 695. The molecule has 2 N–H and O–H groups in total. The van der Waals surface area contributed by atoms with Gasteiger partial charge in [-0.2, -0.15) is 0 Å². The third kappa shape index (κ3) is 5.07. The topological polar surface area (TPSA) is 57.5 Å². The summed E-state index contributed by atoms with van der Waals surface area (Å²) in [6, 6.07) is 3.60. The van der Waals surface area contributed by atoms with E-state index in [1.165, 1.54) is 42.6 Å². The van der Waals surface area contributed by atoms with Crippen molar-refractivity contribution in [3.63, 3.8) is 0 Å². The minimum atomic E-state index is -0.841. The average molecular weight is 407 g/mol. The van der Waals surface area contributed by atoms with Gasteiger partial charge in [0.1, 0.15) is 4.88 Å². The Morgan fingerprint density at radius 2 is 2.26 bits per heavy atom. The van der Waals surface area contributed by atoms with Crippen molar-refractivity contribution >= 4 is 29.1 Å². The summed E-state index contributed by atoms with van der Waals surface area (Å²) >= 11 is 3.12. The lowest BCUT2D eigenvalue weighted by Crippen LogP contribution is -2.40. The zero-order valence-electron chi connectivity index (χ0n) is 16.0. The summed E-state index contributed by atoms with van der Waals surface area (Å²) in [5.74, 6) is 0.761. The Morgan fingerprint density at radius 1 is 1.44 bits per heavy atom.